The summed E-state index contributed by atoms with van der Waals surface area (Å²) >= 11 is 0. The van der Waals surface area contributed by atoms with Gasteiger partial charge in [0, 0.05) is 19.8 Å². The summed E-state index contributed by atoms with van der Waals surface area (Å²) in [7, 11) is 4.05. The molecule has 0 saturated heterocycles. The zero-order valence-electron chi connectivity index (χ0n) is 14.2. The summed E-state index contributed by atoms with van der Waals surface area (Å²) in [6, 6.07) is 18.3. The number of hydrogen-bond acceptors (Lipinski definition) is 3. The van der Waals surface area contributed by atoms with Crippen LogP contribution in [0, 0.1) is 5.92 Å². The van der Waals surface area contributed by atoms with E-state index >= 15 is 0 Å². The van der Waals surface area contributed by atoms with Crippen molar-refractivity contribution >= 4 is 11.7 Å². The lowest BCUT2D eigenvalue weighted by Crippen LogP contribution is -2.23. The molecule has 23 heavy (non-hydrogen) atoms. The van der Waals surface area contributed by atoms with Gasteiger partial charge >= 0.3 is 5.97 Å². The lowest BCUT2D eigenvalue weighted by atomic mass is 9.91. The van der Waals surface area contributed by atoms with Crippen LogP contribution in [0.25, 0.3) is 0 Å². The van der Waals surface area contributed by atoms with Crippen molar-refractivity contribution in [2.24, 2.45) is 5.92 Å². The van der Waals surface area contributed by atoms with Crippen molar-refractivity contribution in [1.29, 1.82) is 0 Å². The zero-order chi connectivity index (χ0) is 16.7. The summed E-state index contributed by atoms with van der Waals surface area (Å²) in [5.41, 5.74) is 3.48. The molecule has 0 aromatic heterocycles. The molecule has 2 rings (SSSR count). The molecule has 0 fully saturated rings. The van der Waals surface area contributed by atoms with Gasteiger partial charge in [-0.3, -0.25) is 4.79 Å². The van der Waals surface area contributed by atoms with Crippen LogP contribution in [0.15, 0.2) is 54.6 Å². The van der Waals surface area contributed by atoms with E-state index < -0.39 is 0 Å². The van der Waals surface area contributed by atoms with E-state index in [1.165, 1.54) is 5.56 Å². The van der Waals surface area contributed by atoms with Crippen LogP contribution in [-0.2, 0) is 22.4 Å². The summed E-state index contributed by atoms with van der Waals surface area (Å²) in [6.07, 6.45) is 1.38. The van der Waals surface area contributed by atoms with Crippen molar-refractivity contribution in [3.8, 4) is 0 Å². The number of ether oxygens (including phenoxy) is 1. The first-order chi connectivity index (χ1) is 11.1. The molecule has 0 bridgehead atoms. The lowest BCUT2D eigenvalue weighted by molar-refractivity contribution is -0.147. The molecule has 1 unspecified atom stereocenters. The molecule has 0 N–H and O–H groups in total. The predicted molar refractivity (Wildman–Crippen MR) is 94.7 cm³/mol. The fraction of sp³-hybridized carbons (Fsp3) is 0.350. The maximum Gasteiger partial charge on any atom is 0.309 e. The first kappa shape index (κ1) is 17.1. The third-order valence-corrected chi connectivity index (χ3v) is 3.88. The highest BCUT2D eigenvalue weighted by Crippen LogP contribution is 2.24. The largest absolute Gasteiger partial charge is 0.466 e. The Labute approximate surface area is 138 Å². The highest BCUT2D eigenvalue weighted by atomic mass is 16.5. The van der Waals surface area contributed by atoms with Gasteiger partial charge in [0.15, 0.2) is 0 Å². The van der Waals surface area contributed by atoms with Crippen LogP contribution in [0.5, 0.6) is 0 Å². The van der Waals surface area contributed by atoms with E-state index in [9.17, 15) is 4.79 Å². The van der Waals surface area contributed by atoms with Crippen molar-refractivity contribution in [2.75, 3.05) is 25.6 Å². The number of carbonyl (C=O) groups is 1. The van der Waals surface area contributed by atoms with E-state index in [2.05, 4.69) is 29.2 Å². The van der Waals surface area contributed by atoms with Crippen LogP contribution >= 0.6 is 0 Å². The van der Waals surface area contributed by atoms with Crippen LogP contribution in [-0.4, -0.2) is 26.7 Å². The third kappa shape index (κ3) is 4.85. The number of para-hydroxylation sites is 1. The average Bonchev–Trinajstić information content (AvgIpc) is 2.55. The second-order valence-corrected chi connectivity index (χ2v) is 5.87. The number of rotatable bonds is 7. The third-order valence-electron chi connectivity index (χ3n) is 3.88. The number of carbonyl (C=O) groups excluding carboxylic acids is 1. The molecule has 0 spiro atoms. The summed E-state index contributed by atoms with van der Waals surface area (Å²) in [4.78, 5) is 14.5. The van der Waals surface area contributed by atoms with Gasteiger partial charge in [-0.25, -0.2) is 0 Å². The minimum Gasteiger partial charge on any atom is -0.466 e. The maximum atomic E-state index is 12.4. The number of benzene rings is 2. The average molecular weight is 311 g/mol. The minimum atomic E-state index is -0.168. The van der Waals surface area contributed by atoms with Gasteiger partial charge in [0.25, 0.3) is 0 Å². The molecule has 122 valence electrons. The zero-order valence-corrected chi connectivity index (χ0v) is 14.2. The smallest absolute Gasteiger partial charge is 0.309 e. The number of esters is 1. The lowest BCUT2D eigenvalue weighted by Gasteiger charge is -2.21. The Morgan fingerprint density at radius 3 is 2.30 bits per heavy atom. The maximum absolute atomic E-state index is 12.4. The molecule has 1 atom stereocenters. The van der Waals surface area contributed by atoms with Gasteiger partial charge in [-0.05, 0) is 37.0 Å². The molecule has 0 heterocycles. The van der Waals surface area contributed by atoms with Crippen LogP contribution in [0.3, 0.4) is 0 Å². The molecule has 0 aliphatic carbocycles. The van der Waals surface area contributed by atoms with Crippen LogP contribution < -0.4 is 4.90 Å². The molecule has 2 aromatic rings. The standard InChI is InChI=1S/C20H25NO2/c1-4-23-20(22)18(14-16-10-6-5-7-11-16)15-17-12-8-9-13-19(17)21(2)3/h5-13,18H,4,14-15H2,1-3H3. The first-order valence-electron chi connectivity index (χ1n) is 8.07. The van der Waals surface area contributed by atoms with Gasteiger partial charge in [-0.1, -0.05) is 48.5 Å². The minimum absolute atomic E-state index is 0.120. The van der Waals surface area contributed by atoms with Gasteiger partial charge < -0.3 is 9.64 Å². The normalized spacial score (nSPS) is 11.8. The predicted octanol–water partition coefficient (Wildman–Crippen LogP) is 3.72. The molecular weight excluding hydrogens is 286 g/mol. The van der Waals surface area contributed by atoms with Crippen LogP contribution in [0.4, 0.5) is 5.69 Å². The molecule has 0 saturated carbocycles. The monoisotopic (exact) mass is 311 g/mol. The number of nitrogens with zero attached hydrogens (tertiary/aromatic N) is 1. The summed E-state index contributed by atoms with van der Waals surface area (Å²) < 4.78 is 5.30. The van der Waals surface area contributed by atoms with Gasteiger partial charge in [-0.2, -0.15) is 0 Å². The molecule has 0 amide bonds. The van der Waals surface area contributed by atoms with Gasteiger partial charge in [0.2, 0.25) is 0 Å². The summed E-state index contributed by atoms with van der Waals surface area (Å²) in [5, 5.41) is 0. The Hall–Kier alpha value is -2.29. The van der Waals surface area contributed by atoms with E-state index in [0.717, 1.165) is 11.3 Å². The Morgan fingerprint density at radius 1 is 1.00 bits per heavy atom. The summed E-state index contributed by atoms with van der Waals surface area (Å²) in [6.45, 7) is 2.27. The fourth-order valence-corrected chi connectivity index (χ4v) is 2.78. The van der Waals surface area contributed by atoms with Gasteiger partial charge in [0.05, 0.1) is 12.5 Å². The van der Waals surface area contributed by atoms with Crippen LogP contribution in [0.1, 0.15) is 18.1 Å². The van der Waals surface area contributed by atoms with E-state index in [-0.39, 0.29) is 11.9 Å². The second-order valence-electron chi connectivity index (χ2n) is 5.87. The molecule has 0 aliphatic heterocycles. The van der Waals surface area contributed by atoms with Crippen molar-refractivity contribution in [2.45, 2.75) is 19.8 Å². The first-order valence-corrected chi connectivity index (χ1v) is 8.07. The Bertz CT molecular complexity index is 623. The quantitative estimate of drug-likeness (QED) is 0.730. The van der Waals surface area contributed by atoms with Crippen molar-refractivity contribution in [1.82, 2.24) is 0 Å². The van der Waals surface area contributed by atoms with E-state index in [1.54, 1.807) is 0 Å². The SMILES string of the molecule is CCOC(=O)C(Cc1ccccc1)Cc1ccccc1N(C)C. The van der Waals surface area contributed by atoms with Crippen molar-refractivity contribution in [3.63, 3.8) is 0 Å². The van der Waals surface area contributed by atoms with Crippen LogP contribution in [0.2, 0.25) is 0 Å². The van der Waals surface area contributed by atoms with Gasteiger partial charge in [-0.15, -0.1) is 0 Å². The van der Waals surface area contributed by atoms with Crippen molar-refractivity contribution in [3.05, 3.63) is 65.7 Å². The fourth-order valence-electron chi connectivity index (χ4n) is 2.78. The molecule has 3 nitrogen and oxygen atoms in total. The van der Waals surface area contributed by atoms with E-state index in [4.69, 9.17) is 4.74 Å². The molecule has 2 aromatic carbocycles. The number of hydrogen-bond donors (Lipinski definition) is 0. The van der Waals surface area contributed by atoms with Gasteiger partial charge in [0.1, 0.15) is 0 Å². The summed E-state index contributed by atoms with van der Waals surface area (Å²) in [5.74, 6) is -0.289. The van der Waals surface area contributed by atoms with E-state index in [0.29, 0.717) is 19.4 Å². The second kappa shape index (κ2) is 8.37. The Morgan fingerprint density at radius 2 is 1.65 bits per heavy atom. The molecule has 0 radical (unpaired) electrons. The highest BCUT2D eigenvalue weighted by molar-refractivity contribution is 5.73. The molecule has 3 heteroatoms. The number of anilines is 1. The highest BCUT2D eigenvalue weighted by Gasteiger charge is 2.22. The Kier molecular flexibility index (Phi) is 6.21. The molecule has 0 aliphatic rings. The Balaban J connectivity index is 2.22. The topological polar surface area (TPSA) is 29.5 Å². The van der Waals surface area contributed by atoms with E-state index in [1.807, 2.05) is 51.4 Å². The van der Waals surface area contributed by atoms with Crippen molar-refractivity contribution < 1.29 is 9.53 Å². The molecular formula is C20H25NO2.